The highest BCUT2D eigenvalue weighted by atomic mass is 35.5. The summed E-state index contributed by atoms with van der Waals surface area (Å²) < 4.78 is 0. The minimum Gasteiger partial charge on any atom is -0.322 e. The molecular formula is C8H10Cl2N2. The summed E-state index contributed by atoms with van der Waals surface area (Å²) in [7, 11) is 0. The van der Waals surface area contributed by atoms with Gasteiger partial charge in [0.05, 0.1) is 10.0 Å². The van der Waals surface area contributed by atoms with E-state index < -0.39 is 5.54 Å². The lowest BCUT2D eigenvalue weighted by Gasteiger charge is -2.21. The maximum absolute atomic E-state index is 5.89. The van der Waals surface area contributed by atoms with E-state index in [4.69, 9.17) is 28.9 Å². The lowest BCUT2D eigenvalue weighted by Crippen LogP contribution is -2.29. The zero-order chi connectivity index (χ0) is 9.35. The van der Waals surface area contributed by atoms with Crippen molar-refractivity contribution in [2.24, 2.45) is 5.73 Å². The van der Waals surface area contributed by atoms with Crippen molar-refractivity contribution >= 4 is 23.2 Å². The van der Waals surface area contributed by atoms with Crippen molar-refractivity contribution in [3.8, 4) is 0 Å². The monoisotopic (exact) mass is 204 g/mol. The van der Waals surface area contributed by atoms with E-state index in [-0.39, 0.29) is 0 Å². The summed E-state index contributed by atoms with van der Waals surface area (Å²) in [6.45, 7) is 3.69. The molecule has 0 spiro atoms. The van der Waals surface area contributed by atoms with Gasteiger partial charge >= 0.3 is 0 Å². The van der Waals surface area contributed by atoms with Gasteiger partial charge < -0.3 is 5.73 Å². The van der Waals surface area contributed by atoms with E-state index in [1.54, 1.807) is 0 Å². The Labute approximate surface area is 81.7 Å². The fourth-order valence-electron chi connectivity index (χ4n) is 1.03. The third-order valence-corrected chi connectivity index (χ3v) is 2.07. The number of hydrogen-bond acceptors (Lipinski definition) is 2. The summed E-state index contributed by atoms with van der Waals surface area (Å²) in [5.74, 6) is 0. The second-order valence-electron chi connectivity index (χ2n) is 3.20. The predicted molar refractivity (Wildman–Crippen MR) is 51.5 cm³/mol. The van der Waals surface area contributed by atoms with E-state index in [2.05, 4.69) is 4.98 Å². The van der Waals surface area contributed by atoms with Gasteiger partial charge in [0.1, 0.15) is 0 Å². The van der Waals surface area contributed by atoms with Crippen LogP contribution in [0.5, 0.6) is 0 Å². The van der Waals surface area contributed by atoms with E-state index in [9.17, 15) is 0 Å². The Morgan fingerprint density at radius 3 is 1.92 bits per heavy atom. The van der Waals surface area contributed by atoms with Crippen molar-refractivity contribution in [2.75, 3.05) is 0 Å². The van der Waals surface area contributed by atoms with Crippen LogP contribution in [0, 0.1) is 0 Å². The van der Waals surface area contributed by atoms with Crippen LogP contribution < -0.4 is 5.73 Å². The lowest BCUT2D eigenvalue weighted by molar-refractivity contribution is 0.554. The zero-order valence-corrected chi connectivity index (χ0v) is 8.45. The molecule has 1 rings (SSSR count). The largest absolute Gasteiger partial charge is 0.322 e. The molecule has 2 nitrogen and oxygen atoms in total. The third kappa shape index (κ3) is 1.89. The number of pyridine rings is 1. The Morgan fingerprint density at radius 2 is 1.67 bits per heavy atom. The average molecular weight is 205 g/mol. The Balaban J connectivity index is 3.31. The van der Waals surface area contributed by atoms with Crippen LogP contribution in [0.3, 0.4) is 0 Å². The lowest BCUT2D eigenvalue weighted by atomic mass is 9.97. The maximum atomic E-state index is 5.89. The quantitative estimate of drug-likeness (QED) is 0.765. The number of halogens is 2. The predicted octanol–water partition coefficient (Wildman–Crippen LogP) is 2.58. The molecule has 0 saturated carbocycles. The molecule has 0 aliphatic carbocycles. The highest BCUT2D eigenvalue weighted by Gasteiger charge is 2.21. The molecule has 0 aromatic carbocycles. The fraction of sp³-hybridized carbons (Fsp3) is 0.375. The standard InChI is InChI=1S/C8H10Cl2N2/c1-8(2,11)7-5(9)3-12-4-6(7)10/h3-4H,11H2,1-2H3. The highest BCUT2D eigenvalue weighted by molar-refractivity contribution is 6.35. The fourth-order valence-corrected chi connectivity index (χ4v) is 1.88. The Bertz CT molecular complexity index is 271. The van der Waals surface area contributed by atoms with Crippen molar-refractivity contribution in [3.63, 3.8) is 0 Å². The highest BCUT2D eigenvalue weighted by Crippen LogP contribution is 2.30. The number of nitrogens with zero attached hydrogens (tertiary/aromatic N) is 1. The summed E-state index contributed by atoms with van der Waals surface area (Å²) in [4.78, 5) is 3.84. The van der Waals surface area contributed by atoms with E-state index >= 15 is 0 Å². The molecule has 1 aromatic rings. The smallest absolute Gasteiger partial charge is 0.0654 e. The molecule has 0 fully saturated rings. The first kappa shape index (κ1) is 9.78. The molecule has 4 heteroatoms. The van der Waals surface area contributed by atoms with Crippen LogP contribution in [-0.4, -0.2) is 4.98 Å². The number of aromatic nitrogens is 1. The second-order valence-corrected chi connectivity index (χ2v) is 4.01. The van der Waals surface area contributed by atoms with Gasteiger partial charge in [-0.2, -0.15) is 0 Å². The minimum absolute atomic E-state index is 0.509. The molecule has 2 N–H and O–H groups in total. The van der Waals surface area contributed by atoms with Crippen LogP contribution in [-0.2, 0) is 5.54 Å². The maximum Gasteiger partial charge on any atom is 0.0654 e. The molecule has 0 unspecified atom stereocenters. The molecular weight excluding hydrogens is 195 g/mol. The molecule has 0 atom stereocenters. The van der Waals surface area contributed by atoms with Gasteiger partial charge in [0, 0.05) is 23.5 Å². The van der Waals surface area contributed by atoms with Gasteiger partial charge in [0.2, 0.25) is 0 Å². The zero-order valence-electron chi connectivity index (χ0n) is 6.94. The normalized spacial score (nSPS) is 11.8. The van der Waals surface area contributed by atoms with Crippen LogP contribution >= 0.6 is 23.2 Å². The number of nitrogens with two attached hydrogens (primary N) is 1. The topological polar surface area (TPSA) is 38.9 Å². The van der Waals surface area contributed by atoms with Gasteiger partial charge in [-0.05, 0) is 13.8 Å². The molecule has 12 heavy (non-hydrogen) atoms. The third-order valence-electron chi connectivity index (χ3n) is 1.50. The van der Waals surface area contributed by atoms with Crippen LogP contribution in [0.15, 0.2) is 12.4 Å². The van der Waals surface area contributed by atoms with E-state index in [1.165, 1.54) is 12.4 Å². The van der Waals surface area contributed by atoms with Crippen molar-refractivity contribution in [1.29, 1.82) is 0 Å². The van der Waals surface area contributed by atoms with Gasteiger partial charge in [-0.25, -0.2) is 0 Å². The van der Waals surface area contributed by atoms with Gasteiger partial charge in [-0.15, -0.1) is 0 Å². The second kappa shape index (κ2) is 3.21. The molecule has 0 amide bonds. The summed E-state index contributed by atoms with van der Waals surface area (Å²) >= 11 is 11.8. The van der Waals surface area contributed by atoms with Gasteiger partial charge in [0.15, 0.2) is 0 Å². The van der Waals surface area contributed by atoms with Crippen molar-refractivity contribution in [2.45, 2.75) is 19.4 Å². The van der Waals surface area contributed by atoms with E-state index in [1.807, 2.05) is 13.8 Å². The van der Waals surface area contributed by atoms with Crippen LogP contribution in [0.2, 0.25) is 10.0 Å². The molecule has 0 saturated heterocycles. The van der Waals surface area contributed by atoms with Crippen LogP contribution in [0.1, 0.15) is 19.4 Å². The van der Waals surface area contributed by atoms with Gasteiger partial charge in [0.25, 0.3) is 0 Å². The summed E-state index contributed by atoms with van der Waals surface area (Å²) in [5, 5.41) is 1.02. The molecule has 0 aliphatic rings. The Morgan fingerprint density at radius 1 is 1.25 bits per heavy atom. The Hall–Kier alpha value is -0.310. The van der Waals surface area contributed by atoms with Crippen LogP contribution in [0.4, 0.5) is 0 Å². The summed E-state index contributed by atoms with van der Waals surface area (Å²) in [6.07, 6.45) is 3.08. The van der Waals surface area contributed by atoms with Crippen molar-refractivity contribution in [1.82, 2.24) is 4.98 Å². The molecule has 1 heterocycles. The first-order chi connectivity index (χ1) is 5.43. The molecule has 66 valence electrons. The van der Waals surface area contributed by atoms with Crippen LogP contribution in [0.25, 0.3) is 0 Å². The molecule has 0 aliphatic heterocycles. The van der Waals surface area contributed by atoms with Crippen molar-refractivity contribution < 1.29 is 0 Å². The van der Waals surface area contributed by atoms with Gasteiger partial charge in [-0.1, -0.05) is 23.2 Å². The minimum atomic E-state index is -0.531. The van der Waals surface area contributed by atoms with Gasteiger partial charge in [-0.3, -0.25) is 4.98 Å². The first-order valence-electron chi connectivity index (χ1n) is 3.51. The molecule has 1 aromatic heterocycles. The van der Waals surface area contributed by atoms with E-state index in [0.717, 1.165) is 5.56 Å². The Kier molecular flexibility index (Phi) is 2.61. The summed E-state index contributed by atoms with van der Waals surface area (Å²) in [6, 6.07) is 0. The average Bonchev–Trinajstić information content (AvgIpc) is 1.82. The first-order valence-corrected chi connectivity index (χ1v) is 4.27. The summed E-state index contributed by atoms with van der Waals surface area (Å²) in [5.41, 5.74) is 6.07. The molecule has 0 bridgehead atoms. The number of hydrogen-bond donors (Lipinski definition) is 1. The van der Waals surface area contributed by atoms with Crippen molar-refractivity contribution in [3.05, 3.63) is 28.0 Å². The SMILES string of the molecule is CC(C)(N)c1c(Cl)cncc1Cl. The van der Waals surface area contributed by atoms with E-state index in [0.29, 0.717) is 10.0 Å². The number of rotatable bonds is 1. The molecule has 0 radical (unpaired) electrons.